The molecule has 5 nitrogen and oxygen atoms in total. The SMILES string of the molecule is CN1C(=O)/C(=N/OC(=O)c2ccccc2I)c2ccccc21. The number of hydrogen-bond donors (Lipinski definition) is 0. The molecule has 0 bridgehead atoms. The van der Waals surface area contributed by atoms with Gasteiger partial charge in [0.1, 0.15) is 0 Å². The van der Waals surface area contributed by atoms with Crippen LogP contribution in [0.4, 0.5) is 5.69 Å². The molecule has 110 valence electrons. The first-order chi connectivity index (χ1) is 10.6. The number of carbonyl (C=O) groups is 2. The second-order valence-corrected chi connectivity index (χ2v) is 5.84. The van der Waals surface area contributed by atoms with Crippen molar-refractivity contribution in [2.45, 2.75) is 0 Å². The van der Waals surface area contributed by atoms with Crippen LogP contribution in [-0.4, -0.2) is 24.6 Å². The van der Waals surface area contributed by atoms with Crippen LogP contribution >= 0.6 is 22.6 Å². The fourth-order valence-corrected chi connectivity index (χ4v) is 2.81. The molecule has 1 aliphatic heterocycles. The Morgan fingerprint density at radius 1 is 1.14 bits per heavy atom. The molecule has 6 heteroatoms. The van der Waals surface area contributed by atoms with Crippen LogP contribution in [0.2, 0.25) is 0 Å². The quantitative estimate of drug-likeness (QED) is 0.438. The van der Waals surface area contributed by atoms with Gasteiger partial charge in [0.25, 0.3) is 5.91 Å². The average Bonchev–Trinajstić information content (AvgIpc) is 2.77. The second kappa shape index (κ2) is 5.88. The topological polar surface area (TPSA) is 59.0 Å². The lowest BCUT2D eigenvalue weighted by atomic mass is 10.1. The van der Waals surface area contributed by atoms with Crippen LogP contribution in [-0.2, 0) is 9.63 Å². The molecule has 2 aromatic rings. The number of benzene rings is 2. The molecule has 0 saturated carbocycles. The highest BCUT2D eigenvalue weighted by Gasteiger charge is 2.32. The number of amides is 1. The summed E-state index contributed by atoms with van der Waals surface area (Å²) < 4.78 is 0.764. The Hall–Kier alpha value is -2.22. The normalized spacial score (nSPS) is 15.1. The number of carbonyl (C=O) groups excluding carboxylic acids is 2. The number of halogens is 1. The number of para-hydroxylation sites is 1. The van der Waals surface area contributed by atoms with E-state index in [2.05, 4.69) is 5.16 Å². The summed E-state index contributed by atoms with van der Waals surface area (Å²) in [6.45, 7) is 0. The zero-order valence-electron chi connectivity index (χ0n) is 11.6. The van der Waals surface area contributed by atoms with Gasteiger partial charge in [-0.3, -0.25) is 4.79 Å². The number of hydrogen-bond acceptors (Lipinski definition) is 4. The summed E-state index contributed by atoms with van der Waals surface area (Å²) in [5.41, 5.74) is 1.96. The van der Waals surface area contributed by atoms with Crippen molar-refractivity contribution in [3.63, 3.8) is 0 Å². The lowest BCUT2D eigenvalue weighted by molar-refractivity contribution is -0.112. The van der Waals surface area contributed by atoms with Crippen LogP contribution in [0.5, 0.6) is 0 Å². The molecule has 2 aromatic carbocycles. The van der Waals surface area contributed by atoms with Gasteiger partial charge in [-0.25, -0.2) is 4.79 Å². The molecule has 0 saturated heterocycles. The first-order valence-corrected chi connectivity index (χ1v) is 7.59. The van der Waals surface area contributed by atoms with Crippen LogP contribution in [0.25, 0.3) is 0 Å². The van der Waals surface area contributed by atoms with Crippen molar-refractivity contribution < 1.29 is 14.4 Å². The van der Waals surface area contributed by atoms with Gasteiger partial charge in [-0.05, 0) is 40.8 Å². The van der Waals surface area contributed by atoms with E-state index in [1.165, 1.54) is 4.90 Å². The summed E-state index contributed by atoms with van der Waals surface area (Å²) >= 11 is 2.05. The van der Waals surface area contributed by atoms with Crippen LogP contribution in [0.15, 0.2) is 53.7 Å². The molecule has 0 aliphatic carbocycles. The van der Waals surface area contributed by atoms with Crippen LogP contribution in [0.3, 0.4) is 0 Å². The van der Waals surface area contributed by atoms with Crippen LogP contribution in [0, 0.1) is 3.57 Å². The third-order valence-electron chi connectivity index (χ3n) is 3.34. The predicted molar refractivity (Wildman–Crippen MR) is 91.0 cm³/mol. The number of fused-ring (bicyclic) bond motifs is 1. The average molecular weight is 406 g/mol. The smallest absolute Gasteiger partial charge is 0.312 e. The first kappa shape index (κ1) is 14.7. The van der Waals surface area contributed by atoms with E-state index < -0.39 is 5.97 Å². The van der Waals surface area contributed by atoms with E-state index in [-0.39, 0.29) is 11.6 Å². The van der Waals surface area contributed by atoms with Gasteiger partial charge in [0.15, 0.2) is 5.71 Å². The van der Waals surface area contributed by atoms with Gasteiger partial charge < -0.3 is 9.74 Å². The van der Waals surface area contributed by atoms with E-state index in [9.17, 15) is 9.59 Å². The molecule has 22 heavy (non-hydrogen) atoms. The molecule has 0 N–H and O–H groups in total. The molecule has 0 unspecified atom stereocenters. The maximum Gasteiger partial charge on any atom is 0.366 e. The monoisotopic (exact) mass is 406 g/mol. The third kappa shape index (κ3) is 2.50. The molecule has 0 spiro atoms. The molecule has 0 aromatic heterocycles. The molecule has 0 atom stereocenters. The Kier molecular flexibility index (Phi) is 3.93. The van der Waals surface area contributed by atoms with E-state index in [1.54, 1.807) is 31.3 Å². The van der Waals surface area contributed by atoms with Crippen molar-refractivity contribution in [2.24, 2.45) is 5.16 Å². The molecule has 3 rings (SSSR count). The maximum atomic E-state index is 12.2. The third-order valence-corrected chi connectivity index (χ3v) is 4.28. The standard InChI is InChI=1S/C16H11IN2O3/c1-19-13-9-5-3-7-11(13)14(15(19)20)18-22-16(21)10-6-2-4-8-12(10)17/h2-9H,1H3/b18-14+. The van der Waals surface area contributed by atoms with Crippen molar-refractivity contribution in [1.29, 1.82) is 0 Å². The molecule has 1 amide bonds. The Bertz CT molecular complexity index is 801. The number of rotatable bonds is 2. The van der Waals surface area contributed by atoms with Crippen LogP contribution < -0.4 is 4.90 Å². The Morgan fingerprint density at radius 2 is 1.82 bits per heavy atom. The second-order valence-electron chi connectivity index (χ2n) is 4.68. The lowest BCUT2D eigenvalue weighted by Crippen LogP contribution is -2.26. The summed E-state index contributed by atoms with van der Waals surface area (Å²) in [4.78, 5) is 30.7. The fraction of sp³-hybridized carbons (Fsp3) is 0.0625. The predicted octanol–water partition coefficient (Wildman–Crippen LogP) is 2.83. The Balaban J connectivity index is 1.89. The van der Waals surface area contributed by atoms with E-state index in [0.29, 0.717) is 11.1 Å². The summed E-state index contributed by atoms with van der Waals surface area (Å²) in [7, 11) is 1.66. The zero-order valence-corrected chi connectivity index (χ0v) is 13.8. The molecular formula is C16H11IN2O3. The lowest BCUT2D eigenvalue weighted by Gasteiger charge is -2.07. The molecule has 1 heterocycles. The van der Waals surface area contributed by atoms with Crippen molar-refractivity contribution in [3.05, 3.63) is 63.2 Å². The van der Waals surface area contributed by atoms with Crippen LogP contribution in [0.1, 0.15) is 15.9 Å². The molecule has 1 aliphatic rings. The minimum atomic E-state index is -0.586. The van der Waals surface area contributed by atoms with E-state index in [4.69, 9.17) is 4.84 Å². The maximum absolute atomic E-state index is 12.2. The molecule has 0 radical (unpaired) electrons. The van der Waals surface area contributed by atoms with Gasteiger partial charge in [-0.1, -0.05) is 35.5 Å². The summed E-state index contributed by atoms with van der Waals surface area (Å²) in [6.07, 6.45) is 0. The van der Waals surface area contributed by atoms with E-state index in [1.807, 2.05) is 46.9 Å². The van der Waals surface area contributed by atoms with Gasteiger partial charge >= 0.3 is 5.97 Å². The van der Waals surface area contributed by atoms with E-state index >= 15 is 0 Å². The number of oxime groups is 1. The zero-order chi connectivity index (χ0) is 15.7. The summed E-state index contributed by atoms with van der Waals surface area (Å²) in [6, 6.07) is 14.3. The van der Waals surface area contributed by atoms with Crippen molar-refractivity contribution >= 4 is 45.9 Å². The van der Waals surface area contributed by atoms with Gasteiger partial charge in [0, 0.05) is 16.2 Å². The summed E-state index contributed by atoms with van der Waals surface area (Å²) in [5.74, 6) is -0.880. The van der Waals surface area contributed by atoms with Crippen molar-refractivity contribution in [2.75, 3.05) is 11.9 Å². The Morgan fingerprint density at radius 3 is 2.59 bits per heavy atom. The molecule has 0 fully saturated rings. The number of nitrogens with zero attached hydrogens (tertiary/aromatic N) is 2. The van der Waals surface area contributed by atoms with Crippen molar-refractivity contribution in [1.82, 2.24) is 0 Å². The highest BCUT2D eigenvalue weighted by molar-refractivity contribution is 14.1. The fourth-order valence-electron chi connectivity index (χ4n) is 2.20. The first-order valence-electron chi connectivity index (χ1n) is 6.51. The number of likely N-dealkylation sites (N-methyl/N-ethyl adjacent to an activating group) is 1. The largest absolute Gasteiger partial charge is 0.366 e. The minimum Gasteiger partial charge on any atom is -0.312 e. The number of anilines is 1. The summed E-state index contributed by atoms with van der Waals surface area (Å²) in [5, 5.41) is 3.79. The van der Waals surface area contributed by atoms with Gasteiger partial charge in [0.2, 0.25) is 0 Å². The van der Waals surface area contributed by atoms with Gasteiger partial charge in [-0.15, -0.1) is 0 Å². The Labute approximate surface area is 140 Å². The van der Waals surface area contributed by atoms with Gasteiger partial charge in [-0.2, -0.15) is 0 Å². The van der Waals surface area contributed by atoms with Gasteiger partial charge in [0.05, 0.1) is 11.3 Å². The molecular weight excluding hydrogens is 395 g/mol. The minimum absolute atomic E-state index is 0.136. The van der Waals surface area contributed by atoms with E-state index in [0.717, 1.165) is 9.26 Å². The highest BCUT2D eigenvalue weighted by atomic mass is 127. The highest BCUT2D eigenvalue weighted by Crippen LogP contribution is 2.27. The van der Waals surface area contributed by atoms with Crippen molar-refractivity contribution in [3.8, 4) is 0 Å².